The molecule has 0 amide bonds. The lowest BCUT2D eigenvalue weighted by atomic mass is 10.3. The summed E-state index contributed by atoms with van der Waals surface area (Å²) in [6.45, 7) is 0.593. The maximum atomic E-state index is 5.64. The number of anilines is 1. The van der Waals surface area contributed by atoms with Crippen LogP contribution in [0.25, 0.3) is 11.1 Å². The first-order valence-electron chi connectivity index (χ1n) is 5.65. The van der Waals surface area contributed by atoms with Crippen LogP contribution in [0.3, 0.4) is 0 Å². The third kappa shape index (κ3) is 2.48. The zero-order valence-corrected chi connectivity index (χ0v) is 11.7. The zero-order valence-electron chi connectivity index (χ0n) is 9.56. The number of benzene rings is 2. The molecule has 1 N–H and O–H groups in total. The van der Waals surface area contributed by atoms with Crippen LogP contribution in [0.2, 0.25) is 0 Å². The SMILES string of the molecule is Ic1ccc(NCc2nc3ccccc3o2)cc1. The van der Waals surface area contributed by atoms with Gasteiger partial charge in [-0.05, 0) is 59.0 Å². The zero-order chi connectivity index (χ0) is 12.4. The van der Waals surface area contributed by atoms with Crippen LogP contribution in [0, 0.1) is 3.57 Å². The Morgan fingerprint density at radius 2 is 1.83 bits per heavy atom. The summed E-state index contributed by atoms with van der Waals surface area (Å²) in [7, 11) is 0. The molecule has 3 rings (SSSR count). The Morgan fingerprint density at radius 3 is 2.61 bits per heavy atom. The number of hydrogen-bond donors (Lipinski definition) is 1. The molecule has 0 bridgehead atoms. The molecule has 0 unspecified atom stereocenters. The lowest BCUT2D eigenvalue weighted by Crippen LogP contribution is -1.99. The second kappa shape index (κ2) is 4.97. The summed E-state index contributed by atoms with van der Waals surface area (Å²) in [6.07, 6.45) is 0. The Bertz CT molecular complexity index is 628. The number of aromatic nitrogens is 1. The fraction of sp³-hybridized carbons (Fsp3) is 0.0714. The molecule has 0 fully saturated rings. The quantitative estimate of drug-likeness (QED) is 0.725. The van der Waals surface area contributed by atoms with Crippen molar-refractivity contribution in [1.82, 2.24) is 4.98 Å². The largest absolute Gasteiger partial charge is 0.439 e. The van der Waals surface area contributed by atoms with Gasteiger partial charge in [-0.15, -0.1) is 0 Å². The summed E-state index contributed by atoms with van der Waals surface area (Å²) < 4.78 is 6.86. The molecule has 4 heteroatoms. The fourth-order valence-electron chi connectivity index (χ4n) is 1.74. The van der Waals surface area contributed by atoms with Gasteiger partial charge in [0.15, 0.2) is 5.58 Å². The van der Waals surface area contributed by atoms with Crippen molar-refractivity contribution < 1.29 is 4.42 Å². The van der Waals surface area contributed by atoms with Gasteiger partial charge in [0.05, 0.1) is 6.54 Å². The fourth-order valence-corrected chi connectivity index (χ4v) is 2.10. The van der Waals surface area contributed by atoms with Gasteiger partial charge in [-0.25, -0.2) is 4.98 Å². The maximum Gasteiger partial charge on any atom is 0.214 e. The van der Waals surface area contributed by atoms with Crippen LogP contribution in [0.4, 0.5) is 5.69 Å². The monoisotopic (exact) mass is 350 g/mol. The van der Waals surface area contributed by atoms with Gasteiger partial charge in [0.25, 0.3) is 0 Å². The third-order valence-corrected chi connectivity index (χ3v) is 3.35. The van der Waals surface area contributed by atoms with Crippen LogP contribution in [0.5, 0.6) is 0 Å². The summed E-state index contributed by atoms with van der Waals surface area (Å²) in [6, 6.07) is 16.0. The average Bonchev–Trinajstić information content (AvgIpc) is 2.81. The molecular formula is C14H11IN2O. The number of oxazole rings is 1. The minimum Gasteiger partial charge on any atom is -0.439 e. The summed E-state index contributed by atoms with van der Waals surface area (Å²) in [5, 5.41) is 3.29. The Morgan fingerprint density at radius 1 is 1.06 bits per heavy atom. The van der Waals surface area contributed by atoms with Gasteiger partial charge in [0, 0.05) is 9.26 Å². The molecule has 0 atom stereocenters. The predicted octanol–water partition coefficient (Wildman–Crippen LogP) is 4.04. The molecule has 18 heavy (non-hydrogen) atoms. The smallest absolute Gasteiger partial charge is 0.214 e. The molecule has 3 nitrogen and oxygen atoms in total. The molecule has 3 aromatic rings. The molecule has 0 aliphatic carbocycles. The van der Waals surface area contributed by atoms with Gasteiger partial charge in [-0.1, -0.05) is 12.1 Å². The maximum absolute atomic E-state index is 5.64. The van der Waals surface area contributed by atoms with E-state index in [2.05, 4.69) is 45.0 Å². The number of rotatable bonds is 3. The highest BCUT2D eigenvalue weighted by molar-refractivity contribution is 14.1. The summed E-state index contributed by atoms with van der Waals surface area (Å²) in [5.74, 6) is 0.703. The van der Waals surface area contributed by atoms with E-state index in [1.54, 1.807) is 0 Å². The highest BCUT2D eigenvalue weighted by Crippen LogP contribution is 2.16. The number of nitrogens with one attached hydrogen (secondary N) is 1. The Kier molecular flexibility index (Phi) is 3.19. The second-order valence-electron chi connectivity index (χ2n) is 3.94. The molecule has 2 aromatic carbocycles. The van der Waals surface area contributed by atoms with Crippen molar-refractivity contribution in [3.05, 3.63) is 58.0 Å². The molecule has 0 aliphatic rings. The van der Waals surface area contributed by atoms with E-state index in [4.69, 9.17) is 4.42 Å². The van der Waals surface area contributed by atoms with Gasteiger partial charge in [-0.2, -0.15) is 0 Å². The van der Waals surface area contributed by atoms with Crippen molar-refractivity contribution in [2.75, 3.05) is 5.32 Å². The third-order valence-electron chi connectivity index (χ3n) is 2.63. The van der Waals surface area contributed by atoms with Crippen molar-refractivity contribution in [1.29, 1.82) is 0 Å². The topological polar surface area (TPSA) is 38.1 Å². The molecule has 0 saturated heterocycles. The molecule has 1 aromatic heterocycles. The number of hydrogen-bond acceptors (Lipinski definition) is 3. The van der Waals surface area contributed by atoms with Gasteiger partial charge >= 0.3 is 0 Å². The minimum absolute atomic E-state index is 0.593. The Balaban J connectivity index is 1.74. The van der Waals surface area contributed by atoms with E-state index in [0.717, 1.165) is 16.8 Å². The number of halogens is 1. The summed E-state index contributed by atoms with van der Waals surface area (Å²) in [4.78, 5) is 4.41. The molecule has 0 spiro atoms. The van der Waals surface area contributed by atoms with E-state index in [9.17, 15) is 0 Å². The average molecular weight is 350 g/mol. The standard InChI is InChI=1S/C14H11IN2O/c15-10-5-7-11(8-6-10)16-9-14-17-12-3-1-2-4-13(12)18-14/h1-8,16H,9H2. The van der Waals surface area contributed by atoms with Gasteiger partial charge in [0.2, 0.25) is 5.89 Å². The van der Waals surface area contributed by atoms with Gasteiger partial charge < -0.3 is 9.73 Å². The summed E-state index contributed by atoms with van der Waals surface area (Å²) >= 11 is 2.29. The molecule has 0 aliphatic heterocycles. The first kappa shape index (κ1) is 11.5. The first-order valence-corrected chi connectivity index (χ1v) is 6.73. The van der Waals surface area contributed by atoms with Crippen LogP contribution < -0.4 is 5.32 Å². The first-order chi connectivity index (χ1) is 8.81. The van der Waals surface area contributed by atoms with Crippen molar-refractivity contribution in [2.24, 2.45) is 0 Å². The molecular weight excluding hydrogens is 339 g/mol. The normalized spacial score (nSPS) is 10.7. The van der Waals surface area contributed by atoms with E-state index in [-0.39, 0.29) is 0 Å². The van der Waals surface area contributed by atoms with Crippen molar-refractivity contribution in [3.8, 4) is 0 Å². The lowest BCUT2D eigenvalue weighted by molar-refractivity contribution is 0.540. The van der Waals surface area contributed by atoms with Gasteiger partial charge in [-0.3, -0.25) is 0 Å². The van der Waals surface area contributed by atoms with E-state index < -0.39 is 0 Å². The number of nitrogens with zero attached hydrogens (tertiary/aromatic N) is 1. The molecule has 1 heterocycles. The molecule has 0 radical (unpaired) electrons. The highest BCUT2D eigenvalue weighted by Gasteiger charge is 2.04. The van der Waals surface area contributed by atoms with Crippen LogP contribution in [-0.4, -0.2) is 4.98 Å². The lowest BCUT2D eigenvalue weighted by Gasteiger charge is -2.02. The van der Waals surface area contributed by atoms with Crippen LogP contribution >= 0.6 is 22.6 Å². The van der Waals surface area contributed by atoms with Crippen molar-refractivity contribution in [2.45, 2.75) is 6.54 Å². The van der Waals surface area contributed by atoms with Gasteiger partial charge in [0.1, 0.15) is 5.52 Å². The Hall–Kier alpha value is -1.56. The van der Waals surface area contributed by atoms with E-state index in [1.165, 1.54) is 3.57 Å². The van der Waals surface area contributed by atoms with E-state index in [1.807, 2.05) is 36.4 Å². The molecule has 90 valence electrons. The predicted molar refractivity (Wildman–Crippen MR) is 80.5 cm³/mol. The van der Waals surface area contributed by atoms with Crippen LogP contribution in [0.1, 0.15) is 5.89 Å². The molecule has 0 saturated carbocycles. The van der Waals surface area contributed by atoms with Crippen LogP contribution in [0.15, 0.2) is 52.9 Å². The minimum atomic E-state index is 0.593. The number of para-hydroxylation sites is 2. The summed E-state index contributed by atoms with van der Waals surface area (Å²) in [5.41, 5.74) is 2.80. The Labute approximate surface area is 118 Å². The van der Waals surface area contributed by atoms with Crippen molar-refractivity contribution >= 4 is 39.4 Å². The highest BCUT2D eigenvalue weighted by atomic mass is 127. The van der Waals surface area contributed by atoms with Crippen LogP contribution in [-0.2, 0) is 6.54 Å². The number of fused-ring (bicyclic) bond motifs is 1. The van der Waals surface area contributed by atoms with E-state index in [0.29, 0.717) is 12.4 Å². The van der Waals surface area contributed by atoms with Crippen molar-refractivity contribution in [3.63, 3.8) is 0 Å². The second-order valence-corrected chi connectivity index (χ2v) is 5.18. The van der Waals surface area contributed by atoms with E-state index >= 15 is 0 Å².